The van der Waals surface area contributed by atoms with Crippen molar-refractivity contribution in [1.82, 2.24) is 9.88 Å². The first-order valence-corrected chi connectivity index (χ1v) is 6.92. The molecular weight excluding hydrogens is 266 g/mol. The van der Waals surface area contributed by atoms with Crippen LogP contribution >= 0.6 is 22.9 Å². The van der Waals surface area contributed by atoms with Gasteiger partial charge in [0.25, 0.3) is 0 Å². The normalized spacial score (nSPS) is 10.9. The maximum atomic E-state index is 5.92. The van der Waals surface area contributed by atoms with Gasteiger partial charge in [0.2, 0.25) is 0 Å². The molecule has 1 N–H and O–H groups in total. The van der Waals surface area contributed by atoms with Gasteiger partial charge in [-0.2, -0.15) is 0 Å². The summed E-state index contributed by atoms with van der Waals surface area (Å²) in [5, 5.41) is 3.12. The van der Waals surface area contributed by atoms with Gasteiger partial charge in [0.1, 0.15) is 0 Å². The minimum absolute atomic E-state index is 0.824. The number of hydrogen-bond acceptors (Lipinski definition) is 4. The number of aromatic nitrogens is 1. The molecule has 0 radical (unpaired) electrons. The van der Waals surface area contributed by atoms with E-state index in [-0.39, 0.29) is 0 Å². The lowest BCUT2D eigenvalue weighted by Gasteiger charge is -2.15. The highest BCUT2D eigenvalue weighted by Crippen LogP contribution is 2.22. The molecule has 2 heterocycles. The number of rotatable bonds is 5. The highest BCUT2D eigenvalue weighted by Gasteiger charge is 2.05. The summed E-state index contributed by atoms with van der Waals surface area (Å²) in [6.45, 7) is 1.72. The molecule has 0 saturated carbocycles. The van der Waals surface area contributed by atoms with Gasteiger partial charge >= 0.3 is 0 Å². The lowest BCUT2D eigenvalue weighted by molar-refractivity contribution is 0.318. The van der Waals surface area contributed by atoms with Gasteiger partial charge in [-0.15, -0.1) is 11.3 Å². The Bertz CT molecular complexity index is 512. The van der Waals surface area contributed by atoms with E-state index in [0.29, 0.717) is 0 Å². The Balaban J connectivity index is 1.96. The zero-order chi connectivity index (χ0) is 13.0. The van der Waals surface area contributed by atoms with Crippen molar-refractivity contribution in [2.45, 2.75) is 13.1 Å². The Morgan fingerprint density at radius 3 is 2.83 bits per heavy atom. The largest absolute Gasteiger partial charge is 0.388 e. The molecule has 2 aromatic rings. The van der Waals surface area contributed by atoms with Crippen molar-refractivity contribution in [2.75, 3.05) is 19.4 Å². The van der Waals surface area contributed by atoms with Gasteiger partial charge < -0.3 is 5.32 Å². The maximum Gasteiger partial charge on any atom is 0.0931 e. The summed E-state index contributed by atoms with van der Waals surface area (Å²) in [5.74, 6) is 0. The maximum absolute atomic E-state index is 5.92. The van der Waals surface area contributed by atoms with E-state index in [2.05, 4.69) is 34.4 Å². The van der Waals surface area contributed by atoms with Gasteiger partial charge in [0, 0.05) is 36.9 Å². The van der Waals surface area contributed by atoms with Gasteiger partial charge in [-0.1, -0.05) is 11.6 Å². The minimum atomic E-state index is 0.824. The summed E-state index contributed by atoms with van der Waals surface area (Å²) < 4.78 is 0.841. The fourth-order valence-corrected chi connectivity index (χ4v) is 2.92. The summed E-state index contributed by atoms with van der Waals surface area (Å²) >= 11 is 7.55. The molecule has 96 valence electrons. The summed E-state index contributed by atoms with van der Waals surface area (Å²) in [4.78, 5) is 7.87. The molecule has 0 aliphatic rings. The first kappa shape index (κ1) is 13.3. The third kappa shape index (κ3) is 3.70. The van der Waals surface area contributed by atoms with Crippen molar-refractivity contribution in [3.05, 3.63) is 45.4 Å². The number of pyridine rings is 1. The molecule has 0 unspecified atom stereocenters. The molecule has 18 heavy (non-hydrogen) atoms. The minimum Gasteiger partial charge on any atom is -0.388 e. The zero-order valence-electron chi connectivity index (χ0n) is 10.5. The Hall–Kier alpha value is -1.10. The summed E-state index contributed by atoms with van der Waals surface area (Å²) in [5.41, 5.74) is 2.15. The molecule has 2 rings (SSSR count). The van der Waals surface area contributed by atoms with Crippen LogP contribution in [0.25, 0.3) is 0 Å². The van der Waals surface area contributed by atoms with Gasteiger partial charge in [0.15, 0.2) is 0 Å². The fourth-order valence-electron chi connectivity index (χ4n) is 1.76. The van der Waals surface area contributed by atoms with Crippen LogP contribution in [0.5, 0.6) is 0 Å². The van der Waals surface area contributed by atoms with Crippen molar-refractivity contribution >= 4 is 28.6 Å². The van der Waals surface area contributed by atoms with Crippen molar-refractivity contribution in [3.63, 3.8) is 0 Å². The van der Waals surface area contributed by atoms with Crippen molar-refractivity contribution in [3.8, 4) is 0 Å². The number of nitrogens with one attached hydrogen (secondary N) is 1. The molecule has 5 heteroatoms. The Kier molecular flexibility index (Phi) is 4.58. The predicted octanol–water partition coefficient (Wildman–Crippen LogP) is 3.47. The van der Waals surface area contributed by atoms with Crippen LogP contribution < -0.4 is 5.32 Å². The second-order valence-corrected chi connectivity index (χ2v) is 5.96. The van der Waals surface area contributed by atoms with E-state index in [0.717, 1.165) is 28.8 Å². The molecule has 0 aromatic carbocycles. The van der Waals surface area contributed by atoms with Crippen LogP contribution in [-0.4, -0.2) is 24.0 Å². The summed E-state index contributed by atoms with van der Waals surface area (Å²) in [6.07, 6.45) is 1.83. The van der Waals surface area contributed by atoms with Crippen LogP contribution in [0.2, 0.25) is 4.34 Å². The molecule has 0 aliphatic carbocycles. The lowest BCUT2D eigenvalue weighted by Crippen LogP contribution is -2.17. The second-order valence-electron chi connectivity index (χ2n) is 4.16. The molecule has 0 amide bonds. The van der Waals surface area contributed by atoms with Gasteiger partial charge in [-0.3, -0.25) is 9.88 Å². The summed E-state index contributed by atoms with van der Waals surface area (Å²) in [7, 11) is 4.00. The molecule has 0 saturated heterocycles. The van der Waals surface area contributed by atoms with Gasteiger partial charge in [-0.05, 0) is 31.3 Å². The highest BCUT2D eigenvalue weighted by atomic mass is 35.5. The Labute approximate surface area is 116 Å². The second kappa shape index (κ2) is 6.18. The molecular formula is C13H16ClN3S. The third-order valence-corrected chi connectivity index (χ3v) is 3.81. The quantitative estimate of drug-likeness (QED) is 0.910. The topological polar surface area (TPSA) is 28.2 Å². The zero-order valence-corrected chi connectivity index (χ0v) is 12.1. The monoisotopic (exact) mass is 281 g/mol. The number of thiophene rings is 1. The molecule has 0 fully saturated rings. The number of anilines is 1. The van der Waals surface area contributed by atoms with E-state index in [1.807, 2.05) is 25.4 Å². The number of hydrogen-bond donors (Lipinski definition) is 1. The average Bonchev–Trinajstić information content (AvgIpc) is 2.74. The highest BCUT2D eigenvalue weighted by molar-refractivity contribution is 7.16. The fraction of sp³-hybridized carbons (Fsp3) is 0.308. The number of halogens is 1. The Morgan fingerprint density at radius 1 is 1.33 bits per heavy atom. The van der Waals surface area contributed by atoms with Crippen molar-refractivity contribution < 1.29 is 0 Å². The predicted molar refractivity (Wildman–Crippen MR) is 78.3 cm³/mol. The smallest absolute Gasteiger partial charge is 0.0931 e. The van der Waals surface area contributed by atoms with E-state index in [9.17, 15) is 0 Å². The Morgan fingerprint density at radius 2 is 2.17 bits per heavy atom. The molecule has 0 atom stereocenters. The summed E-state index contributed by atoms with van der Waals surface area (Å²) in [6, 6.07) is 8.04. The van der Waals surface area contributed by atoms with E-state index in [1.165, 1.54) is 4.88 Å². The molecule has 0 bridgehead atoms. The van der Waals surface area contributed by atoms with Gasteiger partial charge in [-0.25, -0.2) is 0 Å². The van der Waals surface area contributed by atoms with Crippen LogP contribution in [-0.2, 0) is 13.1 Å². The van der Waals surface area contributed by atoms with E-state index in [4.69, 9.17) is 11.6 Å². The van der Waals surface area contributed by atoms with E-state index >= 15 is 0 Å². The van der Waals surface area contributed by atoms with E-state index in [1.54, 1.807) is 11.3 Å². The third-order valence-electron chi connectivity index (χ3n) is 2.59. The van der Waals surface area contributed by atoms with Crippen LogP contribution in [0.15, 0.2) is 30.5 Å². The first-order chi connectivity index (χ1) is 8.67. The van der Waals surface area contributed by atoms with E-state index < -0.39 is 0 Å². The van der Waals surface area contributed by atoms with Crippen molar-refractivity contribution in [1.29, 1.82) is 0 Å². The average molecular weight is 282 g/mol. The van der Waals surface area contributed by atoms with Gasteiger partial charge in [0.05, 0.1) is 10.0 Å². The van der Waals surface area contributed by atoms with Crippen LogP contribution in [0.3, 0.4) is 0 Å². The SMILES string of the molecule is CNc1ccnc(CN(C)Cc2ccc(Cl)s2)c1. The standard InChI is InChI=1S/C13H16ClN3S/c1-15-10-5-6-16-11(7-10)8-17(2)9-12-3-4-13(14)18-12/h3-7H,8-9H2,1-2H3,(H,15,16). The van der Waals surface area contributed by atoms with Crippen LogP contribution in [0.4, 0.5) is 5.69 Å². The van der Waals surface area contributed by atoms with Crippen LogP contribution in [0, 0.1) is 0 Å². The molecule has 3 nitrogen and oxygen atoms in total. The molecule has 0 aliphatic heterocycles. The number of nitrogens with zero attached hydrogens (tertiary/aromatic N) is 2. The molecule has 0 spiro atoms. The molecule has 2 aromatic heterocycles. The lowest BCUT2D eigenvalue weighted by atomic mass is 10.3. The van der Waals surface area contributed by atoms with Crippen molar-refractivity contribution in [2.24, 2.45) is 0 Å². The van der Waals surface area contributed by atoms with Crippen LogP contribution in [0.1, 0.15) is 10.6 Å². The first-order valence-electron chi connectivity index (χ1n) is 5.73.